The molecular weight excluding hydrogens is 190 g/mol. The van der Waals surface area contributed by atoms with E-state index >= 15 is 0 Å². The molecule has 0 saturated carbocycles. The summed E-state index contributed by atoms with van der Waals surface area (Å²) in [7, 11) is 0. The monoisotopic (exact) mass is 207 g/mol. The van der Waals surface area contributed by atoms with E-state index in [4.69, 9.17) is 0 Å². The van der Waals surface area contributed by atoms with E-state index < -0.39 is 6.10 Å². The third-order valence-corrected chi connectivity index (χ3v) is 3.06. The zero-order valence-corrected chi connectivity index (χ0v) is 8.98. The first-order chi connectivity index (χ1) is 7.20. The molecule has 1 heterocycles. The van der Waals surface area contributed by atoms with Gasteiger partial charge in [-0.15, -0.1) is 0 Å². The van der Waals surface area contributed by atoms with Crippen molar-refractivity contribution < 1.29 is 10.2 Å². The van der Waals surface area contributed by atoms with Crippen molar-refractivity contribution in [3.63, 3.8) is 0 Å². The van der Waals surface area contributed by atoms with Gasteiger partial charge in [0.1, 0.15) is 5.75 Å². The molecule has 1 unspecified atom stereocenters. The largest absolute Gasteiger partial charge is 0.508 e. The first kappa shape index (κ1) is 10.5. The maximum absolute atomic E-state index is 10.0. The molecule has 0 bridgehead atoms. The lowest BCUT2D eigenvalue weighted by molar-refractivity contribution is 0.123. The van der Waals surface area contributed by atoms with Crippen LogP contribution in [0.15, 0.2) is 18.2 Å². The van der Waals surface area contributed by atoms with Crippen molar-refractivity contribution in [2.75, 3.05) is 19.6 Å². The predicted octanol–water partition coefficient (Wildman–Crippen LogP) is 1.30. The van der Waals surface area contributed by atoms with Gasteiger partial charge in [-0.25, -0.2) is 0 Å². The third-order valence-electron chi connectivity index (χ3n) is 3.06. The van der Waals surface area contributed by atoms with E-state index in [-0.39, 0.29) is 5.75 Å². The molecule has 1 aromatic carbocycles. The van der Waals surface area contributed by atoms with Crippen LogP contribution in [-0.2, 0) is 6.42 Å². The fourth-order valence-electron chi connectivity index (χ4n) is 2.13. The van der Waals surface area contributed by atoms with Crippen LogP contribution in [0.3, 0.4) is 0 Å². The highest BCUT2D eigenvalue weighted by Crippen LogP contribution is 2.26. The summed E-state index contributed by atoms with van der Waals surface area (Å²) < 4.78 is 0. The Morgan fingerprint density at radius 1 is 1.47 bits per heavy atom. The molecule has 3 heteroatoms. The summed E-state index contributed by atoms with van der Waals surface area (Å²) in [6.07, 6.45) is 0.470. The maximum Gasteiger partial charge on any atom is 0.115 e. The molecule has 3 nitrogen and oxygen atoms in total. The van der Waals surface area contributed by atoms with E-state index in [1.807, 2.05) is 6.07 Å². The molecule has 0 aromatic heterocycles. The number of hydrogen-bond donors (Lipinski definition) is 2. The molecule has 15 heavy (non-hydrogen) atoms. The Balaban J connectivity index is 2.30. The Kier molecular flexibility index (Phi) is 2.93. The van der Waals surface area contributed by atoms with Crippen LogP contribution < -0.4 is 0 Å². The van der Waals surface area contributed by atoms with Gasteiger partial charge in [-0.3, -0.25) is 0 Å². The number of nitrogens with zero attached hydrogens (tertiary/aromatic N) is 1. The van der Waals surface area contributed by atoms with Crippen LogP contribution in [0.5, 0.6) is 5.75 Å². The SMILES string of the molecule is CCN1CCc2cc(O)ccc2C(O)C1. The van der Waals surface area contributed by atoms with Gasteiger partial charge in [0.15, 0.2) is 0 Å². The Bertz CT molecular complexity index is 351. The van der Waals surface area contributed by atoms with Gasteiger partial charge in [0.25, 0.3) is 0 Å². The van der Waals surface area contributed by atoms with E-state index in [0.29, 0.717) is 6.54 Å². The van der Waals surface area contributed by atoms with Gasteiger partial charge in [0.05, 0.1) is 6.10 Å². The number of β-amino-alcohol motifs (C(OH)–C–C–N with tert-alkyl or cyclic N) is 1. The topological polar surface area (TPSA) is 43.7 Å². The molecule has 0 saturated heterocycles. The molecule has 1 atom stereocenters. The van der Waals surface area contributed by atoms with Gasteiger partial charge >= 0.3 is 0 Å². The zero-order chi connectivity index (χ0) is 10.8. The molecule has 0 spiro atoms. The number of aromatic hydroxyl groups is 1. The van der Waals surface area contributed by atoms with Crippen LogP contribution in [0.1, 0.15) is 24.2 Å². The second-order valence-electron chi connectivity index (χ2n) is 4.04. The van der Waals surface area contributed by atoms with Crippen molar-refractivity contribution in [2.24, 2.45) is 0 Å². The van der Waals surface area contributed by atoms with Crippen molar-refractivity contribution in [1.29, 1.82) is 0 Å². The zero-order valence-electron chi connectivity index (χ0n) is 8.98. The average Bonchev–Trinajstić information content (AvgIpc) is 2.38. The number of aliphatic hydroxyl groups excluding tert-OH is 1. The number of benzene rings is 1. The molecule has 2 N–H and O–H groups in total. The van der Waals surface area contributed by atoms with Crippen molar-refractivity contribution in [2.45, 2.75) is 19.4 Å². The van der Waals surface area contributed by atoms with Crippen molar-refractivity contribution >= 4 is 0 Å². The maximum atomic E-state index is 10.0. The lowest BCUT2D eigenvalue weighted by Crippen LogP contribution is -2.27. The smallest absolute Gasteiger partial charge is 0.115 e. The molecule has 82 valence electrons. The first-order valence-corrected chi connectivity index (χ1v) is 5.43. The van der Waals surface area contributed by atoms with Crippen LogP contribution in [0.25, 0.3) is 0 Å². The van der Waals surface area contributed by atoms with Gasteiger partial charge in [-0.1, -0.05) is 13.0 Å². The molecule has 0 aliphatic carbocycles. The van der Waals surface area contributed by atoms with E-state index in [2.05, 4.69) is 11.8 Å². The molecule has 0 fully saturated rings. The van der Waals surface area contributed by atoms with E-state index in [1.165, 1.54) is 0 Å². The normalized spacial score (nSPS) is 22.1. The quantitative estimate of drug-likeness (QED) is 0.729. The Morgan fingerprint density at radius 2 is 2.27 bits per heavy atom. The number of rotatable bonds is 1. The van der Waals surface area contributed by atoms with Gasteiger partial charge < -0.3 is 15.1 Å². The summed E-state index contributed by atoms with van der Waals surface area (Å²) in [6.45, 7) is 4.69. The highest BCUT2D eigenvalue weighted by Gasteiger charge is 2.20. The van der Waals surface area contributed by atoms with Gasteiger partial charge in [0, 0.05) is 13.1 Å². The predicted molar refractivity (Wildman–Crippen MR) is 58.9 cm³/mol. The standard InChI is InChI=1S/C12H17NO2/c1-2-13-6-5-9-7-10(14)3-4-11(9)12(15)8-13/h3-4,7,12,14-15H,2,5-6,8H2,1H3. The highest BCUT2D eigenvalue weighted by atomic mass is 16.3. The number of fused-ring (bicyclic) bond motifs is 1. The summed E-state index contributed by atoms with van der Waals surface area (Å²) >= 11 is 0. The fourth-order valence-corrected chi connectivity index (χ4v) is 2.13. The average molecular weight is 207 g/mol. The first-order valence-electron chi connectivity index (χ1n) is 5.43. The van der Waals surface area contributed by atoms with Crippen LogP contribution in [0.2, 0.25) is 0 Å². The molecule has 1 aromatic rings. The van der Waals surface area contributed by atoms with Crippen LogP contribution in [0, 0.1) is 0 Å². The summed E-state index contributed by atoms with van der Waals surface area (Å²) in [5.41, 5.74) is 2.03. The lowest BCUT2D eigenvalue weighted by Gasteiger charge is -2.19. The molecular formula is C12H17NO2. The number of phenolic OH excluding ortho intramolecular Hbond substituents is 1. The van der Waals surface area contributed by atoms with Gasteiger partial charge in [-0.2, -0.15) is 0 Å². The molecule has 0 amide bonds. The van der Waals surface area contributed by atoms with E-state index in [0.717, 1.165) is 30.6 Å². The Morgan fingerprint density at radius 3 is 3.00 bits per heavy atom. The molecule has 2 rings (SSSR count). The van der Waals surface area contributed by atoms with Crippen molar-refractivity contribution in [3.05, 3.63) is 29.3 Å². The molecule has 1 aliphatic heterocycles. The van der Waals surface area contributed by atoms with Crippen molar-refractivity contribution in [3.8, 4) is 5.75 Å². The molecule has 1 aliphatic rings. The number of hydrogen-bond acceptors (Lipinski definition) is 3. The van der Waals surface area contributed by atoms with Crippen molar-refractivity contribution in [1.82, 2.24) is 4.90 Å². The summed E-state index contributed by atoms with van der Waals surface area (Å²) in [6, 6.07) is 5.23. The van der Waals surface area contributed by atoms with Crippen LogP contribution in [0.4, 0.5) is 0 Å². The van der Waals surface area contributed by atoms with Crippen LogP contribution in [-0.4, -0.2) is 34.7 Å². The van der Waals surface area contributed by atoms with E-state index in [9.17, 15) is 10.2 Å². The minimum Gasteiger partial charge on any atom is -0.508 e. The Labute approximate surface area is 90.0 Å². The highest BCUT2D eigenvalue weighted by molar-refractivity contribution is 5.37. The Hall–Kier alpha value is -1.06. The second-order valence-corrected chi connectivity index (χ2v) is 4.04. The van der Waals surface area contributed by atoms with Gasteiger partial charge in [-0.05, 0) is 36.2 Å². The molecule has 0 radical (unpaired) electrons. The number of likely N-dealkylation sites (N-methyl/N-ethyl adjacent to an activating group) is 1. The second kappa shape index (κ2) is 4.21. The minimum atomic E-state index is -0.428. The third kappa shape index (κ3) is 2.13. The fraction of sp³-hybridized carbons (Fsp3) is 0.500. The minimum absolute atomic E-state index is 0.283. The summed E-state index contributed by atoms with van der Waals surface area (Å²) in [5, 5.41) is 19.4. The summed E-state index contributed by atoms with van der Waals surface area (Å²) in [4.78, 5) is 2.22. The number of phenols is 1. The lowest BCUT2D eigenvalue weighted by atomic mass is 10.0. The van der Waals surface area contributed by atoms with E-state index in [1.54, 1.807) is 12.1 Å². The number of aliphatic hydroxyl groups is 1. The van der Waals surface area contributed by atoms with Gasteiger partial charge in [0.2, 0.25) is 0 Å². The van der Waals surface area contributed by atoms with Crippen LogP contribution >= 0.6 is 0 Å². The summed E-state index contributed by atoms with van der Waals surface area (Å²) in [5.74, 6) is 0.283.